The average Bonchev–Trinajstić information content (AvgIpc) is 2.16. The standard InChI is InChI=1S/C12H26N2/c1-13(2)11-10-12(14(3)4)8-6-5-7-9-12/h5-11H2,1-4H3. The van der Waals surface area contributed by atoms with Crippen LogP contribution in [0.25, 0.3) is 0 Å². The van der Waals surface area contributed by atoms with E-state index < -0.39 is 0 Å². The minimum atomic E-state index is 0.502. The van der Waals surface area contributed by atoms with Gasteiger partial charge in [-0.05, 0) is 54.0 Å². The van der Waals surface area contributed by atoms with E-state index in [1.165, 1.54) is 45.1 Å². The molecule has 1 fully saturated rings. The highest BCUT2D eigenvalue weighted by Crippen LogP contribution is 2.34. The lowest BCUT2D eigenvalue weighted by atomic mass is 9.78. The molecular weight excluding hydrogens is 172 g/mol. The van der Waals surface area contributed by atoms with Gasteiger partial charge in [0.1, 0.15) is 0 Å². The minimum absolute atomic E-state index is 0.502. The molecule has 2 heteroatoms. The molecule has 2 nitrogen and oxygen atoms in total. The lowest BCUT2D eigenvalue weighted by molar-refractivity contribution is 0.0819. The van der Waals surface area contributed by atoms with Gasteiger partial charge in [0.25, 0.3) is 0 Å². The van der Waals surface area contributed by atoms with E-state index in [0.29, 0.717) is 5.54 Å². The summed E-state index contributed by atoms with van der Waals surface area (Å²) in [7, 11) is 8.85. The van der Waals surface area contributed by atoms with Crippen molar-refractivity contribution in [1.82, 2.24) is 9.80 Å². The molecule has 0 aromatic carbocycles. The van der Waals surface area contributed by atoms with Gasteiger partial charge in [-0.25, -0.2) is 0 Å². The Morgan fingerprint density at radius 2 is 1.50 bits per heavy atom. The van der Waals surface area contributed by atoms with Gasteiger partial charge in [-0.2, -0.15) is 0 Å². The molecule has 0 aromatic rings. The number of nitrogens with zero attached hydrogens (tertiary/aromatic N) is 2. The van der Waals surface area contributed by atoms with Gasteiger partial charge in [0.05, 0.1) is 0 Å². The first kappa shape index (κ1) is 12.0. The van der Waals surface area contributed by atoms with Gasteiger partial charge in [0.15, 0.2) is 0 Å². The van der Waals surface area contributed by atoms with Crippen LogP contribution >= 0.6 is 0 Å². The molecule has 0 radical (unpaired) electrons. The SMILES string of the molecule is CN(C)CCC1(N(C)C)CCCCC1. The molecule has 0 unspecified atom stereocenters. The predicted molar refractivity (Wildman–Crippen MR) is 62.7 cm³/mol. The quantitative estimate of drug-likeness (QED) is 0.683. The van der Waals surface area contributed by atoms with Crippen molar-refractivity contribution < 1.29 is 0 Å². The Morgan fingerprint density at radius 3 is 1.93 bits per heavy atom. The third-order valence-electron chi connectivity index (χ3n) is 3.76. The van der Waals surface area contributed by atoms with E-state index in [1.807, 2.05) is 0 Å². The molecule has 14 heavy (non-hydrogen) atoms. The second-order valence-corrected chi connectivity index (χ2v) is 5.23. The van der Waals surface area contributed by atoms with Crippen molar-refractivity contribution >= 4 is 0 Å². The summed E-state index contributed by atoms with van der Waals surface area (Å²) in [6.07, 6.45) is 8.41. The van der Waals surface area contributed by atoms with Gasteiger partial charge in [0.2, 0.25) is 0 Å². The zero-order chi connectivity index (χ0) is 10.6. The summed E-state index contributed by atoms with van der Waals surface area (Å²) < 4.78 is 0. The van der Waals surface area contributed by atoms with Crippen molar-refractivity contribution in [2.75, 3.05) is 34.7 Å². The molecule has 0 atom stereocenters. The molecule has 1 rings (SSSR count). The van der Waals surface area contributed by atoms with Gasteiger partial charge in [-0.1, -0.05) is 19.3 Å². The minimum Gasteiger partial charge on any atom is -0.309 e. The Morgan fingerprint density at radius 1 is 0.929 bits per heavy atom. The molecule has 0 saturated heterocycles. The van der Waals surface area contributed by atoms with E-state index in [0.717, 1.165) is 0 Å². The molecule has 0 aromatic heterocycles. The van der Waals surface area contributed by atoms with Crippen LogP contribution in [0.15, 0.2) is 0 Å². The van der Waals surface area contributed by atoms with E-state index >= 15 is 0 Å². The summed E-state index contributed by atoms with van der Waals surface area (Å²) in [6.45, 7) is 1.22. The summed E-state index contributed by atoms with van der Waals surface area (Å²) in [4.78, 5) is 4.77. The molecule has 0 N–H and O–H groups in total. The lowest BCUT2D eigenvalue weighted by Gasteiger charge is -2.43. The summed E-state index contributed by atoms with van der Waals surface area (Å²) in [5, 5.41) is 0. The molecule has 0 bridgehead atoms. The Kier molecular flexibility index (Phi) is 4.39. The van der Waals surface area contributed by atoms with Crippen LogP contribution in [0.4, 0.5) is 0 Å². The van der Waals surface area contributed by atoms with Crippen LogP contribution in [0.3, 0.4) is 0 Å². The maximum Gasteiger partial charge on any atom is 0.0215 e. The first-order valence-corrected chi connectivity index (χ1v) is 5.89. The van der Waals surface area contributed by atoms with Crippen LogP contribution in [-0.2, 0) is 0 Å². The first-order chi connectivity index (χ1) is 6.57. The van der Waals surface area contributed by atoms with Crippen LogP contribution in [0.5, 0.6) is 0 Å². The largest absolute Gasteiger partial charge is 0.309 e. The third kappa shape index (κ3) is 2.96. The molecule has 84 valence electrons. The highest BCUT2D eigenvalue weighted by atomic mass is 15.2. The van der Waals surface area contributed by atoms with Crippen molar-refractivity contribution in [2.24, 2.45) is 0 Å². The van der Waals surface area contributed by atoms with Crippen LogP contribution in [0.2, 0.25) is 0 Å². The first-order valence-electron chi connectivity index (χ1n) is 5.89. The zero-order valence-corrected chi connectivity index (χ0v) is 10.3. The van der Waals surface area contributed by atoms with Crippen LogP contribution in [-0.4, -0.2) is 50.1 Å². The molecule has 0 aliphatic heterocycles. The Hall–Kier alpha value is -0.0800. The maximum atomic E-state index is 2.47. The molecular formula is C12H26N2. The zero-order valence-electron chi connectivity index (χ0n) is 10.3. The van der Waals surface area contributed by atoms with Crippen LogP contribution < -0.4 is 0 Å². The van der Waals surface area contributed by atoms with Gasteiger partial charge in [0, 0.05) is 5.54 Å². The third-order valence-corrected chi connectivity index (χ3v) is 3.76. The molecule has 1 aliphatic carbocycles. The molecule has 0 heterocycles. The Bertz CT molecular complexity index is 158. The second kappa shape index (κ2) is 5.13. The van der Waals surface area contributed by atoms with Crippen LogP contribution in [0.1, 0.15) is 38.5 Å². The molecule has 1 aliphatic rings. The van der Waals surface area contributed by atoms with Gasteiger partial charge >= 0.3 is 0 Å². The summed E-state index contributed by atoms with van der Waals surface area (Å²) >= 11 is 0. The maximum absolute atomic E-state index is 2.47. The Labute approximate surface area is 89.3 Å². The number of rotatable bonds is 4. The fraction of sp³-hybridized carbons (Fsp3) is 1.00. The fourth-order valence-corrected chi connectivity index (χ4v) is 2.56. The van der Waals surface area contributed by atoms with Crippen LogP contribution in [0, 0.1) is 0 Å². The van der Waals surface area contributed by atoms with E-state index in [4.69, 9.17) is 0 Å². The van der Waals surface area contributed by atoms with Gasteiger partial charge in [-0.3, -0.25) is 0 Å². The Balaban J connectivity index is 2.52. The molecule has 1 saturated carbocycles. The summed E-state index contributed by atoms with van der Waals surface area (Å²) in [5.74, 6) is 0. The monoisotopic (exact) mass is 198 g/mol. The molecule has 0 spiro atoms. The normalized spacial score (nSPS) is 21.9. The van der Waals surface area contributed by atoms with E-state index in [2.05, 4.69) is 38.0 Å². The van der Waals surface area contributed by atoms with Gasteiger partial charge in [-0.15, -0.1) is 0 Å². The van der Waals surface area contributed by atoms with Gasteiger partial charge < -0.3 is 9.80 Å². The van der Waals surface area contributed by atoms with E-state index in [9.17, 15) is 0 Å². The number of hydrogen-bond acceptors (Lipinski definition) is 2. The second-order valence-electron chi connectivity index (χ2n) is 5.23. The highest BCUT2D eigenvalue weighted by molar-refractivity contribution is 4.90. The van der Waals surface area contributed by atoms with E-state index in [1.54, 1.807) is 0 Å². The highest BCUT2D eigenvalue weighted by Gasteiger charge is 2.33. The smallest absolute Gasteiger partial charge is 0.0215 e. The summed E-state index contributed by atoms with van der Waals surface area (Å²) in [6, 6.07) is 0. The van der Waals surface area contributed by atoms with Crippen molar-refractivity contribution in [2.45, 2.75) is 44.1 Å². The van der Waals surface area contributed by atoms with Crippen molar-refractivity contribution in [1.29, 1.82) is 0 Å². The summed E-state index contributed by atoms with van der Waals surface area (Å²) in [5.41, 5.74) is 0.502. The predicted octanol–water partition coefficient (Wildman–Crippen LogP) is 2.20. The van der Waals surface area contributed by atoms with Crippen molar-refractivity contribution in [3.8, 4) is 0 Å². The topological polar surface area (TPSA) is 6.48 Å². The fourth-order valence-electron chi connectivity index (χ4n) is 2.56. The van der Waals surface area contributed by atoms with E-state index in [-0.39, 0.29) is 0 Å². The average molecular weight is 198 g/mol. The number of hydrogen-bond donors (Lipinski definition) is 0. The van der Waals surface area contributed by atoms with Crippen molar-refractivity contribution in [3.63, 3.8) is 0 Å². The van der Waals surface area contributed by atoms with Crippen molar-refractivity contribution in [3.05, 3.63) is 0 Å². The lowest BCUT2D eigenvalue weighted by Crippen LogP contribution is -2.47. The molecule has 0 amide bonds.